The molecule has 4 rings (SSSR count). The van der Waals surface area contributed by atoms with Gasteiger partial charge in [0.05, 0.1) is 23.2 Å². The Hall–Kier alpha value is -2.96. The highest BCUT2D eigenvalue weighted by atomic mass is 35.5. The molecule has 0 radical (unpaired) electrons. The molecule has 4 bridgehead atoms. The Bertz CT molecular complexity index is 1350. The van der Waals surface area contributed by atoms with Gasteiger partial charge in [-0.3, -0.25) is 14.9 Å². The van der Waals surface area contributed by atoms with Crippen LogP contribution in [0, 0.1) is 12.8 Å². The first-order chi connectivity index (χ1) is 20.6. The van der Waals surface area contributed by atoms with Crippen molar-refractivity contribution < 1.29 is 38.4 Å². The van der Waals surface area contributed by atoms with E-state index in [9.17, 15) is 19.5 Å². The second kappa shape index (κ2) is 13.2. The number of rotatable bonds is 4. The number of carbonyl (C=O) groups excluding carboxylic acids is 3. The first-order valence-corrected chi connectivity index (χ1v) is 15.2. The minimum Gasteiger partial charge on any atom is -0.457 e. The molecule has 3 aliphatic heterocycles. The predicted octanol–water partition coefficient (Wildman–Crippen LogP) is 3.58. The SMILES string of the molecule is CN[C@@H](C)C(=O)O[C@H]1CC(=O)N(C)c2cc(cc(C)c2Cl)C/C(C)=C/C=C/[C@@H](OC)[C@@]2(O)CC(OC(=O)N2)[C@@H](C)[C@H]2O[C@]12C. The molecule has 1 aromatic rings. The normalized spacial score (nSPS) is 35.4. The Morgan fingerprint density at radius 2 is 2.00 bits per heavy atom. The van der Waals surface area contributed by atoms with Crippen LogP contribution in [-0.2, 0) is 35.0 Å². The molecule has 0 spiro atoms. The van der Waals surface area contributed by atoms with Gasteiger partial charge in [0.15, 0.2) is 5.72 Å². The number of alkyl carbamates (subject to hydrolysis) is 1. The number of carbonyl (C=O) groups is 3. The molecule has 2 saturated heterocycles. The van der Waals surface area contributed by atoms with Crippen molar-refractivity contribution in [3.05, 3.63) is 52.1 Å². The van der Waals surface area contributed by atoms with Gasteiger partial charge in [-0.2, -0.15) is 0 Å². The quantitative estimate of drug-likeness (QED) is 0.335. The number of esters is 1. The van der Waals surface area contributed by atoms with Gasteiger partial charge in [-0.05, 0) is 58.4 Å². The highest BCUT2D eigenvalue weighted by Crippen LogP contribution is 2.49. The van der Waals surface area contributed by atoms with Crippen LogP contribution in [-0.4, -0.2) is 86.1 Å². The molecule has 0 aromatic heterocycles. The monoisotopic (exact) mass is 633 g/mol. The Kier molecular flexibility index (Phi) is 10.2. The van der Waals surface area contributed by atoms with Crippen LogP contribution < -0.4 is 15.5 Å². The molecule has 1 aromatic carbocycles. The van der Waals surface area contributed by atoms with Gasteiger partial charge in [-0.1, -0.05) is 48.4 Å². The number of likely N-dealkylation sites (N-methyl/N-ethyl adjacent to an activating group) is 1. The van der Waals surface area contributed by atoms with Crippen LogP contribution in [0.15, 0.2) is 35.9 Å². The van der Waals surface area contributed by atoms with E-state index in [0.29, 0.717) is 17.1 Å². The fraction of sp³-hybridized carbons (Fsp3) is 0.594. The molecule has 3 aliphatic rings. The Labute approximate surface area is 263 Å². The van der Waals surface area contributed by atoms with Gasteiger partial charge in [0.2, 0.25) is 5.91 Å². The molecule has 0 saturated carbocycles. The van der Waals surface area contributed by atoms with Crippen LogP contribution in [0.2, 0.25) is 5.02 Å². The number of halogens is 1. The Morgan fingerprint density at radius 3 is 2.66 bits per heavy atom. The molecule has 44 heavy (non-hydrogen) atoms. The topological polar surface area (TPSA) is 139 Å². The standard InChI is InChI=1S/C32H44ClN3O8/c1-17-10-9-11-24(41-8)32(40)16-23(42-30(39)35-32)19(3)28-31(5,44-28)25(43-29(38)20(4)34-6)15-26(37)36(7)22-14-21(12-17)13-18(2)27(22)33/h9-11,13-14,19-20,23-25,28,34,40H,12,15-16H2,1-8H3,(H,35,39)/b11-9+,17-10+/t19-,20+,23?,24-,25+,28-,31-,32+/m1/s1. The van der Waals surface area contributed by atoms with Gasteiger partial charge in [0.1, 0.15) is 30.0 Å². The number of aryl methyl sites for hydroxylation is 1. The first kappa shape index (κ1) is 33.9. The predicted molar refractivity (Wildman–Crippen MR) is 165 cm³/mol. The zero-order valence-corrected chi connectivity index (χ0v) is 27.4. The number of methoxy groups -OCH3 is 1. The molecule has 2 fully saturated rings. The number of ether oxygens (including phenoxy) is 4. The average Bonchev–Trinajstić information content (AvgIpc) is 3.66. The summed E-state index contributed by atoms with van der Waals surface area (Å²) in [5.74, 6) is -1.29. The molecular formula is C32H44ClN3O8. The summed E-state index contributed by atoms with van der Waals surface area (Å²) in [5.41, 5.74) is 0.475. The highest BCUT2D eigenvalue weighted by Gasteiger charge is 2.64. The third-order valence-electron chi connectivity index (χ3n) is 8.99. The van der Waals surface area contributed by atoms with Crippen molar-refractivity contribution in [3.63, 3.8) is 0 Å². The van der Waals surface area contributed by atoms with Gasteiger partial charge in [0, 0.05) is 26.5 Å². The van der Waals surface area contributed by atoms with E-state index in [2.05, 4.69) is 10.6 Å². The summed E-state index contributed by atoms with van der Waals surface area (Å²) in [6, 6.07) is 3.23. The van der Waals surface area contributed by atoms with Gasteiger partial charge in [-0.25, -0.2) is 4.79 Å². The molecular weight excluding hydrogens is 590 g/mol. The van der Waals surface area contributed by atoms with E-state index < -0.39 is 59.8 Å². The average molecular weight is 634 g/mol. The number of nitrogens with zero attached hydrogens (tertiary/aromatic N) is 1. The fourth-order valence-corrected chi connectivity index (χ4v) is 6.24. The smallest absolute Gasteiger partial charge is 0.409 e. The van der Waals surface area contributed by atoms with E-state index in [1.807, 2.05) is 39.0 Å². The largest absolute Gasteiger partial charge is 0.457 e. The summed E-state index contributed by atoms with van der Waals surface area (Å²) in [5, 5.41) is 17.4. The number of anilines is 1. The molecule has 3 N–H and O–H groups in total. The molecule has 3 heterocycles. The molecule has 2 amide bonds. The number of amides is 2. The van der Waals surface area contributed by atoms with E-state index in [4.69, 9.17) is 30.5 Å². The van der Waals surface area contributed by atoms with Crippen LogP contribution in [0.1, 0.15) is 51.7 Å². The number of allylic oxidation sites excluding steroid dienone is 3. The second-order valence-corrected chi connectivity index (χ2v) is 12.7. The van der Waals surface area contributed by atoms with Crippen molar-refractivity contribution in [1.82, 2.24) is 10.6 Å². The van der Waals surface area contributed by atoms with Crippen molar-refractivity contribution in [2.75, 3.05) is 26.1 Å². The zero-order valence-electron chi connectivity index (χ0n) is 26.6. The van der Waals surface area contributed by atoms with Crippen molar-refractivity contribution in [3.8, 4) is 0 Å². The zero-order chi connectivity index (χ0) is 32.6. The lowest BCUT2D eigenvalue weighted by molar-refractivity contribution is -0.155. The van der Waals surface area contributed by atoms with Crippen LogP contribution in [0.5, 0.6) is 0 Å². The van der Waals surface area contributed by atoms with Crippen LogP contribution in [0.4, 0.5) is 10.5 Å². The van der Waals surface area contributed by atoms with Crippen LogP contribution >= 0.6 is 11.6 Å². The minimum absolute atomic E-state index is 0.00785. The summed E-state index contributed by atoms with van der Waals surface area (Å²) < 4.78 is 23.3. The van der Waals surface area contributed by atoms with E-state index in [0.717, 1.165) is 16.7 Å². The van der Waals surface area contributed by atoms with E-state index >= 15 is 0 Å². The molecule has 8 atom stereocenters. The number of nitrogens with one attached hydrogen (secondary N) is 2. The molecule has 12 heteroatoms. The van der Waals surface area contributed by atoms with Gasteiger partial charge in [0.25, 0.3) is 0 Å². The van der Waals surface area contributed by atoms with E-state index in [1.54, 1.807) is 40.1 Å². The second-order valence-electron chi connectivity index (χ2n) is 12.3. The van der Waals surface area contributed by atoms with Crippen molar-refractivity contribution in [2.24, 2.45) is 5.92 Å². The molecule has 11 nitrogen and oxygen atoms in total. The van der Waals surface area contributed by atoms with Crippen LogP contribution in [0.25, 0.3) is 0 Å². The third-order valence-corrected chi connectivity index (χ3v) is 9.48. The molecule has 0 aliphatic carbocycles. The highest BCUT2D eigenvalue weighted by molar-refractivity contribution is 6.34. The number of epoxide rings is 1. The van der Waals surface area contributed by atoms with Gasteiger partial charge >= 0.3 is 12.1 Å². The lowest BCUT2D eigenvalue weighted by Crippen LogP contribution is -2.63. The number of benzene rings is 1. The fourth-order valence-electron chi connectivity index (χ4n) is 6.00. The molecule has 242 valence electrons. The maximum Gasteiger partial charge on any atom is 0.409 e. The lowest BCUT2D eigenvalue weighted by atomic mass is 9.83. The summed E-state index contributed by atoms with van der Waals surface area (Å²) in [4.78, 5) is 40.9. The number of fused-ring (bicyclic) bond motifs is 5. The lowest BCUT2D eigenvalue weighted by Gasteiger charge is -2.42. The first-order valence-electron chi connectivity index (χ1n) is 14.8. The minimum atomic E-state index is -1.76. The van der Waals surface area contributed by atoms with Gasteiger partial charge in [-0.15, -0.1) is 0 Å². The number of hydrogen-bond donors (Lipinski definition) is 3. The summed E-state index contributed by atoms with van der Waals surface area (Å²) >= 11 is 6.70. The van der Waals surface area contributed by atoms with E-state index in [-0.39, 0.29) is 18.7 Å². The number of aliphatic hydroxyl groups is 1. The third kappa shape index (κ3) is 6.97. The maximum atomic E-state index is 13.8. The van der Waals surface area contributed by atoms with Crippen molar-refractivity contribution in [1.29, 1.82) is 0 Å². The van der Waals surface area contributed by atoms with Crippen LogP contribution in [0.3, 0.4) is 0 Å². The summed E-state index contributed by atoms with van der Waals surface area (Å²) in [6.45, 7) is 9.12. The Balaban J connectivity index is 1.78. The maximum absolute atomic E-state index is 13.8. The summed E-state index contributed by atoms with van der Waals surface area (Å²) in [7, 11) is 4.74. The Morgan fingerprint density at radius 1 is 1.30 bits per heavy atom. The van der Waals surface area contributed by atoms with Crippen molar-refractivity contribution in [2.45, 2.75) is 95.7 Å². The number of hydrogen-bond acceptors (Lipinski definition) is 9. The summed E-state index contributed by atoms with van der Waals surface area (Å²) in [6.07, 6.45) is 1.81. The van der Waals surface area contributed by atoms with E-state index in [1.165, 1.54) is 12.0 Å². The molecule has 1 unspecified atom stereocenters. The van der Waals surface area contributed by atoms with Gasteiger partial charge < -0.3 is 34.3 Å². The van der Waals surface area contributed by atoms with Crippen molar-refractivity contribution >= 4 is 35.3 Å².